The Morgan fingerprint density at radius 1 is 1.00 bits per heavy atom. The lowest BCUT2D eigenvalue weighted by atomic mass is 9.94. The molecule has 2 N–H and O–H groups in total. The highest BCUT2D eigenvalue weighted by molar-refractivity contribution is 7.90. The minimum atomic E-state index is -4.85. The Morgan fingerprint density at radius 3 is 2.33 bits per heavy atom. The summed E-state index contributed by atoms with van der Waals surface area (Å²) in [6.07, 6.45) is -5.25. The van der Waals surface area contributed by atoms with Crippen molar-refractivity contribution in [2.24, 2.45) is 0 Å². The molecule has 2 aromatic carbocycles. The van der Waals surface area contributed by atoms with E-state index >= 15 is 0 Å². The summed E-state index contributed by atoms with van der Waals surface area (Å²) < 4.78 is 105. The zero-order chi connectivity index (χ0) is 29.3. The van der Waals surface area contributed by atoms with E-state index in [0.717, 1.165) is 48.6 Å². The summed E-state index contributed by atoms with van der Waals surface area (Å²) in [7, 11) is -3.87. The van der Waals surface area contributed by atoms with Crippen LogP contribution in [0.2, 0.25) is 0 Å². The summed E-state index contributed by atoms with van der Waals surface area (Å²) in [5, 5.41) is 6.57. The van der Waals surface area contributed by atoms with Gasteiger partial charge in [-0.1, -0.05) is 12.0 Å². The summed E-state index contributed by atoms with van der Waals surface area (Å²) >= 11 is 6.18. The maximum absolute atomic E-state index is 13.6. The van der Waals surface area contributed by atoms with Crippen molar-refractivity contribution in [3.8, 4) is 11.8 Å². The van der Waals surface area contributed by atoms with Gasteiger partial charge in [0.1, 0.15) is 6.54 Å². The number of nitrogens with zero attached hydrogens (tertiary/aromatic N) is 1. The number of fused-ring (bicyclic) bond motifs is 1. The lowest BCUT2D eigenvalue weighted by molar-refractivity contribution is -0.140. The topological polar surface area (TPSA) is 63.1 Å². The van der Waals surface area contributed by atoms with Crippen molar-refractivity contribution in [3.05, 3.63) is 53.7 Å². The molecule has 216 valence electrons. The third-order valence-electron chi connectivity index (χ3n) is 6.61. The Balaban J connectivity index is 1.62. The molecule has 0 unspecified atom stereocenters. The number of sulfone groups is 1. The fourth-order valence-electron chi connectivity index (χ4n) is 4.70. The van der Waals surface area contributed by atoms with Gasteiger partial charge in [0.2, 0.25) is 0 Å². The first-order valence-corrected chi connectivity index (χ1v) is 14.7. The highest BCUT2D eigenvalue weighted by atomic mass is 35.5. The first-order chi connectivity index (χ1) is 18.6. The van der Waals surface area contributed by atoms with Crippen molar-refractivity contribution in [1.82, 2.24) is 4.57 Å². The fourth-order valence-corrected chi connectivity index (χ4v) is 5.60. The minimum absolute atomic E-state index is 0.0521. The van der Waals surface area contributed by atoms with E-state index in [2.05, 4.69) is 22.5 Å². The molecule has 1 aliphatic rings. The number of hydrogen-bond acceptors (Lipinski definition) is 4. The second kappa shape index (κ2) is 11.4. The molecule has 0 amide bonds. The molecule has 40 heavy (non-hydrogen) atoms. The fraction of sp³-hybridized carbons (Fsp3) is 0.407. The Hall–Kier alpha value is -3.04. The van der Waals surface area contributed by atoms with Crippen molar-refractivity contribution in [2.45, 2.75) is 60.9 Å². The average Bonchev–Trinajstić information content (AvgIpc) is 3.19. The van der Waals surface area contributed by atoms with Gasteiger partial charge in [-0.05, 0) is 68.0 Å². The van der Waals surface area contributed by atoms with Gasteiger partial charge >= 0.3 is 12.4 Å². The zero-order valence-electron chi connectivity index (χ0n) is 21.3. The largest absolute Gasteiger partial charge is 0.418 e. The van der Waals surface area contributed by atoms with Crippen molar-refractivity contribution < 1.29 is 34.8 Å². The first kappa shape index (κ1) is 29.9. The number of hydrogen-bond donors (Lipinski definition) is 2. The molecular weight excluding hydrogens is 580 g/mol. The molecule has 1 aromatic heterocycles. The number of nitrogens with one attached hydrogen (secondary N) is 2. The Labute approximate surface area is 232 Å². The van der Waals surface area contributed by atoms with Crippen LogP contribution in [-0.2, 0) is 22.6 Å². The van der Waals surface area contributed by atoms with Crippen LogP contribution in [0, 0.1) is 11.8 Å². The van der Waals surface area contributed by atoms with Gasteiger partial charge in [-0.25, -0.2) is 8.42 Å². The number of rotatable bonds is 6. The Morgan fingerprint density at radius 2 is 1.70 bits per heavy atom. The van der Waals surface area contributed by atoms with E-state index in [9.17, 15) is 34.8 Å². The molecule has 0 radical (unpaired) electrons. The molecule has 0 aliphatic heterocycles. The highest BCUT2D eigenvalue weighted by Crippen LogP contribution is 2.36. The number of aromatic nitrogens is 1. The monoisotopic (exact) mass is 605 g/mol. The van der Waals surface area contributed by atoms with E-state index in [1.165, 1.54) is 6.07 Å². The van der Waals surface area contributed by atoms with Crippen LogP contribution < -0.4 is 10.6 Å². The number of alkyl halides is 7. The Bertz CT molecular complexity index is 1550. The minimum Gasteiger partial charge on any atom is -0.382 e. The van der Waals surface area contributed by atoms with Crippen LogP contribution in [0.25, 0.3) is 10.9 Å². The van der Waals surface area contributed by atoms with Crippen LogP contribution in [0.15, 0.2) is 47.4 Å². The molecule has 0 bridgehead atoms. The lowest BCUT2D eigenvalue weighted by Crippen LogP contribution is -2.26. The summed E-state index contributed by atoms with van der Waals surface area (Å²) in [6.45, 7) is -1.62. The zero-order valence-corrected chi connectivity index (χ0v) is 22.8. The second-order valence-corrected chi connectivity index (χ2v) is 12.3. The van der Waals surface area contributed by atoms with Gasteiger partial charge in [0.15, 0.2) is 9.84 Å². The third kappa shape index (κ3) is 7.37. The number of anilines is 2. The molecule has 1 fully saturated rings. The number of halogens is 7. The average molecular weight is 606 g/mol. The first-order valence-electron chi connectivity index (χ1n) is 12.4. The van der Waals surface area contributed by atoms with Crippen molar-refractivity contribution in [3.63, 3.8) is 0 Å². The lowest BCUT2D eigenvalue weighted by Gasteiger charge is -2.27. The van der Waals surface area contributed by atoms with Crippen LogP contribution >= 0.6 is 11.6 Å². The number of benzene rings is 2. The maximum atomic E-state index is 13.6. The summed E-state index contributed by atoms with van der Waals surface area (Å²) in [4.78, 5) is -0.492. The van der Waals surface area contributed by atoms with Gasteiger partial charge in [0, 0.05) is 34.4 Å². The second-order valence-electron chi connectivity index (χ2n) is 9.70. The Kier molecular flexibility index (Phi) is 8.57. The van der Waals surface area contributed by atoms with Gasteiger partial charge in [-0.15, -0.1) is 11.6 Å². The summed E-state index contributed by atoms with van der Waals surface area (Å²) in [5.41, 5.74) is -0.554. The van der Waals surface area contributed by atoms with Crippen molar-refractivity contribution in [2.75, 3.05) is 23.4 Å². The van der Waals surface area contributed by atoms with Crippen LogP contribution in [0.3, 0.4) is 0 Å². The SMILES string of the molecule is CS(=O)(=O)c1ccc(NCC#Cc2cc3c(NC4CCC(Cl)CC4)cccc3n2CC(F)(F)F)c(C(F)(F)F)c1. The standard InChI is InChI=1S/C27H26ClF6N3O2S/c1-40(38,39)20-11-12-24(22(15-20)27(32,33)34)35-13-3-4-19-14-21-23(36-18-9-7-17(28)8-10-18)5-2-6-25(21)37(19)16-26(29,30)31/h2,5-6,11-12,14-15,17-18,35-36H,7-10,13,16H2,1H3. The smallest absolute Gasteiger partial charge is 0.382 e. The van der Waals surface area contributed by atoms with E-state index in [1.807, 2.05) is 0 Å². The van der Waals surface area contributed by atoms with E-state index in [-0.39, 0.29) is 23.7 Å². The quantitative estimate of drug-likeness (QED) is 0.180. The highest BCUT2D eigenvalue weighted by Gasteiger charge is 2.34. The van der Waals surface area contributed by atoms with Gasteiger partial charge < -0.3 is 15.2 Å². The molecule has 0 saturated heterocycles. The van der Waals surface area contributed by atoms with E-state index in [0.29, 0.717) is 22.7 Å². The van der Waals surface area contributed by atoms with Crippen LogP contribution in [0.1, 0.15) is 36.9 Å². The molecule has 1 saturated carbocycles. The van der Waals surface area contributed by atoms with E-state index in [1.54, 1.807) is 18.2 Å². The molecule has 1 aliphatic carbocycles. The maximum Gasteiger partial charge on any atom is 0.418 e. The van der Waals surface area contributed by atoms with Gasteiger partial charge in [0.05, 0.1) is 28.2 Å². The van der Waals surface area contributed by atoms with Gasteiger partial charge in [-0.3, -0.25) is 0 Å². The molecule has 13 heteroatoms. The summed E-state index contributed by atoms with van der Waals surface area (Å²) in [6, 6.07) is 9.21. The molecule has 0 atom stereocenters. The van der Waals surface area contributed by atoms with Crippen LogP contribution in [0.5, 0.6) is 0 Å². The summed E-state index contributed by atoms with van der Waals surface area (Å²) in [5.74, 6) is 5.25. The third-order valence-corrected chi connectivity index (χ3v) is 8.15. The van der Waals surface area contributed by atoms with Crippen LogP contribution in [0.4, 0.5) is 37.7 Å². The predicted molar refractivity (Wildman–Crippen MR) is 143 cm³/mol. The normalized spacial score (nSPS) is 18.3. The molecule has 1 heterocycles. The predicted octanol–water partition coefficient (Wildman–Crippen LogP) is 7.05. The van der Waals surface area contributed by atoms with Crippen LogP contribution in [-0.4, -0.2) is 43.4 Å². The molecule has 0 spiro atoms. The van der Waals surface area contributed by atoms with E-state index in [4.69, 9.17) is 11.6 Å². The van der Waals surface area contributed by atoms with Gasteiger partial charge in [0.25, 0.3) is 0 Å². The van der Waals surface area contributed by atoms with Crippen molar-refractivity contribution >= 4 is 43.7 Å². The van der Waals surface area contributed by atoms with E-state index < -0.39 is 44.9 Å². The van der Waals surface area contributed by atoms with Gasteiger partial charge in [-0.2, -0.15) is 26.3 Å². The van der Waals surface area contributed by atoms with Crippen molar-refractivity contribution in [1.29, 1.82) is 0 Å². The molecular formula is C27H26ClF6N3O2S. The molecule has 3 aromatic rings. The molecule has 5 nitrogen and oxygen atoms in total. The molecule has 4 rings (SSSR count).